The number of hydrogen-bond donors (Lipinski definition) is 1. The van der Waals surface area contributed by atoms with Gasteiger partial charge in [0, 0.05) is 25.5 Å². The van der Waals surface area contributed by atoms with Crippen LogP contribution in [0.2, 0.25) is 0 Å². The van der Waals surface area contributed by atoms with Gasteiger partial charge in [0.15, 0.2) is 0 Å². The van der Waals surface area contributed by atoms with Crippen molar-refractivity contribution in [3.05, 3.63) is 83.9 Å². The van der Waals surface area contributed by atoms with Crippen molar-refractivity contribution in [2.45, 2.75) is 13.0 Å². The van der Waals surface area contributed by atoms with E-state index >= 15 is 0 Å². The Kier molecular flexibility index (Phi) is 4.12. The summed E-state index contributed by atoms with van der Waals surface area (Å²) in [6, 6.07) is 16.4. The normalized spacial score (nSPS) is 13.2. The Labute approximate surface area is 146 Å². The number of para-hydroxylation sites is 2. The highest BCUT2D eigenvalue weighted by atomic mass is 16.1. The van der Waals surface area contributed by atoms with Crippen LogP contribution in [-0.4, -0.2) is 22.4 Å². The van der Waals surface area contributed by atoms with Crippen LogP contribution >= 0.6 is 0 Å². The zero-order valence-corrected chi connectivity index (χ0v) is 13.7. The molecule has 5 heteroatoms. The van der Waals surface area contributed by atoms with E-state index in [0.717, 1.165) is 30.9 Å². The summed E-state index contributed by atoms with van der Waals surface area (Å²) < 4.78 is 0. The van der Waals surface area contributed by atoms with Crippen LogP contribution in [0.15, 0.2) is 67.1 Å². The van der Waals surface area contributed by atoms with Crippen LogP contribution < -0.4 is 10.2 Å². The first-order valence-corrected chi connectivity index (χ1v) is 8.29. The molecule has 1 aromatic heterocycles. The highest BCUT2D eigenvalue weighted by Crippen LogP contribution is 2.30. The average molecular weight is 330 g/mol. The minimum absolute atomic E-state index is 0.252. The Hall–Kier alpha value is -3.21. The lowest BCUT2D eigenvalue weighted by Gasteiger charge is -2.32. The topological polar surface area (TPSA) is 58.1 Å². The maximum atomic E-state index is 12.4. The number of benzene rings is 2. The van der Waals surface area contributed by atoms with Gasteiger partial charge in [0.1, 0.15) is 5.69 Å². The van der Waals surface area contributed by atoms with Gasteiger partial charge in [-0.2, -0.15) is 0 Å². The molecule has 1 N–H and O–H groups in total. The van der Waals surface area contributed by atoms with Crippen LogP contribution in [0.4, 0.5) is 11.4 Å². The molecule has 1 amide bonds. The predicted octanol–water partition coefficient (Wildman–Crippen LogP) is 3.29. The monoisotopic (exact) mass is 330 g/mol. The Morgan fingerprint density at radius 1 is 1.00 bits per heavy atom. The average Bonchev–Trinajstić information content (AvgIpc) is 2.69. The summed E-state index contributed by atoms with van der Waals surface area (Å²) in [5, 5.41) is 2.96. The number of amides is 1. The standard InChI is InChI=1S/C20H18N4O/c25-20(18-13-21-10-11-22-18)23-17-7-3-4-8-19(17)24-12-9-15-5-1-2-6-16(15)14-24/h1-8,10-11,13H,9,12,14H2,(H,23,25). The van der Waals surface area contributed by atoms with Gasteiger partial charge >= 0.3 is 0 Å². The third-order valence-electron chi connectivity index (χ3n) is 4.42. The van der Waals surface area contributed by atoms with Gasteiger partial charge in [0.25, 0.3) is 5.91 Å². The van der Waals surface area contributed by atoms with Crippen molar-refractivity contribution in [1.29, 1.82) is 0 Å². The Morgan fingerprint density at radius 3 is 2.64 bits per heavy atom. The fourth-order valence-corrected chi connectivity index (χ4v) is 3.16. The molecule has 2 heterocycles. The number of carbonyl (C=O) groups is 1. The summed E-state index contributed by atoms with van der Waals surface area (Å²) in [6.07, 6.45) is 5.54. The second-order valence-corrected chi connectivity index (χ2v) is 6.00. The molecule has 0 fully saturated rings. The molecular weight excluding hydrogens is 312 g/mol. The predicted molar refractivity (Wildman–Crippen MR) is 97.6 cm³/mol. The van der Waals surface area contributed by atoms with Crippen molar-refractivity contribution in [2.24, 2.45) is 0 Å². The van der Waals surface area contributed by atoms with Crippen molar-refractivity contribution in [3.8, 4) is 0 Å². The molecule has 3 aromatic rings. The highest BCUT2D eigenvalue weighted by Gasteiger charge is 2.19. The minimum atomic E-state index is -0.252. The maximum Gasteiger partial charge on any atom is 0.275 e. The van der Waals surface area contributed by atoms with Crippen molar-refractivity contribution in [2.75, 3.05) is 16.8 Å². The molecule has 5 nitrogen and oxygen atoms in total. The zero-order valence-electron chi connectivity index (χ0n) is 13.7. The van der Waals surface area contributed by atoms with Crippen LogP contribution in [0.3, 0.4) is 0 Å². The van der Waals surface area contributed by atoms with E-state index in [-0.39, 0.29) is 5.91 Å². The van der Waals surface area contributed by atoms with Crippen molar-refractivity contribution in [3.63, 3.8) is 0 Å². The quantitative estimate of drug-likeness (QED) is 0.800. The van der Waals surface area contributed by atoms with Gasteiger partial charge < -0.3 is 10.2 Å². The second-order valence-electron chi connectivity index (χ2n) is 6.00. The van der Waals surface area contributed by atoms with Gasteiger partial charge in [-0.3, -0.25) is 9.78 Å². The molecule has 0 unspecified atom stereocenters. The third kappa shape index (κ3) is 3.21. The van der Waals surface area contributed by atoms with E-state index in [1.165, 1.54) is 23.5 Å². The van der Waals surface area contributed by atoms with Crippen LogP contribution in [0.5, 0.6) is 0 Å². The Morgan fingerprint density at radius 2 is 1.80 bits per heavy atom. The van der Waals surface area contributed by atoms with E-state index in [1.807, 2.05) is 24.3 Å². The van der Waals surface area contributed by atoms with E-state index < -0.39 is 0 Å². The molecule has 124 valence electrons. The SMILES string of the molecule is O=C(Nc1ccccc1N1CCc2ccccc2C1)c1cnccn1. The van der Waals surface area contributed by atoms with Crippen LogP contribution in [0, 0.1) is 0 Å². The van der Waals surface area contributed by atoms with E-state index in [1.54, 1.807) is 6.20 Å². The Balaban J connectivity index is 1.59. The number of rotatable bonds is 3. The summed E-state index contributed by atoms with van der Waals surface area (Å²) >= 11 is 0. The molecule has 0 aliphatic carbocycles. The lowest BCUT2D eigenvalue weighted by Crippen LogP contribution is -2.31. The van der Waals surface area contributed by atoms with E-state index in [0.29, 0.717) is 5.69 Å². The maximum absolute atomic E-state index is 12.4. The van der Waals surface area contributed by atoms with Crippen molar-refractivity contribution < 1.29 is 4.79 Å². The van der Waals surface area contributed by atoms with E-state index in [2.05, 4.69) is 44.5 Å². The second kappa shape index (κ2) is 6.73. The number of nitrogens with zero attached hydrogens (tertiary/aromatic N) is 3. The zero-order chi connectivity index (χ0) is 17.1. The molecule has 4 rings (SSSR count). The lowest BCUT2D eigenvalue weighted by molar-refractivity contribution is 0.102. The van der Waals surface area contributed by atoms with Crippen molar-refractivity contribution in [1.82, 2.24) is 9.97 Å². The highest BCUT2D eigenvalue weighted by molar-refractivity contribution is 6.04. The number of nitrogens with one attached hydrogen (secondary N) is 1. The molecule has 1 aliphatic rings. The molecule has 0 bridgehead atoms. The summed E-state index contributed by atoms with van der Waals surface area (Å²) in [5.74, 6) is -0.252. The fourth-order valence-electron chi connectivity index (χ4n) is 3.16. The molecule has 0 saturated carbocycles. The first-order valence-electron chi connectivity index (χ1n) is 8.29. The molecule has 0 saturated heterocycles. The number of anilines is 2. The lowest BCUT2D eigenvalue weighted by atomic mass is 9.99. The minimum Gasteiger partial charge on any atom is -0.365 e. The van der Waals surface area contributed by atoms with Crippen LogP contribution in [0.1, 0.15) is 21.6 Å². The summed E-state index contributed by atoms with van der Waals surface area (Å²) in [5.41, 5.74) is 4.86. The van der Waals surface area contributed by atoms with Gasteiger partial charge in [-0.15, -0.1) is 0 Å². The molecule has 0 atom stereocenters. The summed E-state index contributed by atoms with van der Waals surface area (Å²) in [6.45, 7) is 1.77. The largest absolute Gasteiger partial charge is 0.365 e. The number of aromatic nitrogens is 2. The number of carbonyl (C=O) groups excluding carboxylic acids is 1. The summed E-state index contributed by atoms with van der Waals surface area (Å²) in [7, 11) is 0. The van der Waals surface area contributed by atoms with Crippen LogP contribution in [0.25, 0.3) is 0 Å². The molecule has 1 aliphatic heterocycles. The molecular formula is C20H18N4O. The van der Waals surface area contributed by atoms with E-state index in [9.17, 15) is 4.79 Å². The molecule has 25 heavy (non-hydrogen) atoms. The van der Waals surface area contributed by atoms with Gasteiger partial charge in [-0.05, 0) is 29.7 Å². The van der Waals surface area contributed by atoms with Gasteiger partial charge in [-0.1, -0.05) is 36.4 Å². The van der Waals surface area contributed by atoms with Crippen LogP contribution in [-0.2, 0) is 13.0 Å². The molecule has 0 radical (unpaired) electrons. The van der Waals surface area contributed by atoms with Gasteiger partial charge in [0.05, 0.1) is 17.6 Å². The number of fused-ring (bicyclic) bond motifs is 1. The van der Waals surface area contributed by atoms with Gasteiger partial charge in [0.2, 0.25) is 0 Å². The first-order chi connectivity index (χ1) is 12.3. The summed E-state index contributed by atoms with van der Waals surface area (Å²) in [4.78, 5) is 22.7. The smallest absolute Gasteiger partial charge is 0.275 e. The molecule has 0 spiro atoms. The first kappa shape index (κ1) is 15.3. The van der Waals surface area contributed by atoms with Crippen molar-refractivity contribution >= 4 is 17.3 Å². The van der Waals surface area contributed by atoms with Gasteiger partial charge in [-0.25, -0.2) is 4.98 Å². The fraction of sp³-hybridized carbons (Fsp3) is 0.150. The van der Waals surface area contributed by atoms with E-state index in [4.69, 9.17) is 0 Å². The third-order valence-corrected chi connectivity index (χ3v) is 4.42. The number of hydrogen-bond acceptors (Lipinski definition) is 4. The Bertz CT molecular complexity index is 895. The molecule has 2 aromatic carbocycles.